The summed E-state index contributed by atoms with van der Waals surface area (Å²) in [6, 6.07) is 3.56. The van der Waals surface area contributed by atoms with Gasteiger partial charge in [-0.15, -0.1) is 11.8 Å². The van der Waals surface area contributed by atoms with E-state index in [9.17, 15) is 18.4 Å². The van der Waals surface area contributed by atoms with Crippen LogP contribution in [0.2, 0.25) is 5.02 Å². The van der Waals surface area contributed by atoms with Crippen molar-refractivity contribution in [2.24, 2.45) is 0 Å². The molecule has 1 aliphatic rings. The predicted molar refractivity (Wildman–Crippen MR) is 116 cm³/mol. The van der Waals surface area contributed by atoms with Crippen LogP contribution in [0.4, 0.5) is 8.78 Å². The number of thioether (sulfide) groups is 1. The molecular formula is C21H19ClF2N2O4S. The molecule has 10 heteroatoms. The summed E-state index contributed by atoms with van der Waals surface area (Å²) >= 11 is 7.29. The van der Waals surface area contributed by atoms with E-state index in [4.69, 9.17) is 21.1 Å². The quantitative estimate of drug-likeness (QED) is 0.456. The summed E-state index contributed by atoms with van der Waals surface area (Å²) in [6.07, 6.45) is -0.339. The Hall–Kier alpha value is -2.20. The van der Waals surface area contributed by atoms with E-state index in [-0.39, 0.29) is 23.2 Å². The van der Waals surface area contributed by atoms with Crippen LogP contribution in [-0.2, 0) is 16.0 Å². The van der Waals surface area contributed by atoms with Gasteiger partial charge in [-0.1, -0.05) is 11.6 Å². The highest BCUT2D eigenvalue weighted by Gasteiger charge is 2.27. The van der Waals surface area contributed by atoms with Crippen molar-refractivity contribution in [3.8, 4) is 11.1 Å². The molecule has 1 aliphatic heterocycles. The lowest BCUT2D eigenvalue weighted by atomic mass is 9.97. The van der Waals surface area contributed by atoms with Crippen LogP contribution < -0.4 is 11.2 Å². The van der Waals surface area contributed by atoms with Crippen molar-refractivity contribution < 1.29 is 18.3 Å². The van der Waals surface area contributed by atoms with Gasteiger partial charge in [-0.3, -0.25) is 14.3 Å². The topological polar surface area (TPSA) is 73.3 Å². The average molecular weight is 469 g/mol. The first kappa shape index (κ1) is 22.0. The van der Waals surface area contributed by atoms with Crippen LogP contribution in [0.15, 0.2) is 32.7 Å². The first-order chi connectivity index (χ1) is 14.8. The molecule has 0 aliphatic carbocycles. The van der Waals surface area contributed by atoms with Crippen molar-refractivity contribution in [2.45, 2.75) is 24.5 Å². The molecule has 0 fully saturated rings. The Bertz CT molecular complexity index is 1290. The van der Waals surface area contributed by atoms with Crippen LogP contribution in [0.1, 0.15) is 5.56 Å². The third-order valence-electron chi connectivity index (χ3n) is 5.15. The molecule has 2 aromatic carbocycles. The molecule has 0 saturated carbocycles. The van der Waals surface area contributed by atoms with Gasteiger partial charge in [0.25, 0.3) is 5.56 Å². The fraction of sp³-hybridized carbons (Fsp3) is 0.333. The number of nitrogens with zero attached hydrogens (tertiary/aromatic N) is 1. The minimum absolute atomic E-state index is 0.103. The molecule has 4 rings (SSSR count). The Morgan fingerprint density at radius 3 is 2.74 bits per heavy atom. The minimum atomic E-state index is -0.861. The smallest absolute Gasteiger partial charge is 0.328 e. The highest BCUT2D eigenvalue weighted by atomic mass is 35.5. The van der Waals surface area contributed by atoms with Crippen molar-refractivity contribution in [3.63, 3.8) is 0 Å². The number of methoxy groups -OCH3 is 1. The van der Waals surface area contributed by atoms with E-state index in [2.05, 4.69) is 4.98 Å². The summed E-state index contributed by atoms with van der Waals surface area (Å²) in [5.41, 5.74) is 0.473. The van der Waals surface area contributed by atoms with E-state index in [0.29, 0.717) is 45.9 Å². The van der Waals surface area contributed by atoms with E-state index in [1.54, 1.807) is 20.1 Å². The molecular weight excluding hydrogens is 450 g/mol. The number of halogens is 3. The van der Waals surface area contributed by atoms with Crippen molar-refractivity contribution >= 4 is 34.3 Å². The van der Waals surface area contributed by atoms with Gasteiger partial charge in [-0.2, -0.15) is 0 Å². The third-order valence-corrected chi connectivity index (χ3v) is 6.67. The van der Waals surface area contributed by atoms with Gasteiger partial charge >= 0.3 is 5.69 Å². The molecule has 164 valence electrons. The molecule has 6 nitrogen and oxygen atoms in total. The van der Waals surface area contributed by atoms with E-state index >= 15 is 0 Å². The van der Waals surface area contributed by atoms with E-state index in [1.807, 2.05) is 0 Å². The third kappa shape index (κ3) is 4.03. The zero-order valence-electron chi connectivity index (χ0n) is 16.8. The number of benzene rings is 2. The van der Waals surface area contributed by atoms with Gasteiger partial charge < -0.3 is 9.47 Å². The Kier molecular flexibility index (Phi) is 6.20. The lowest BCUT2D eigenvalue weighted by Gasteiger charge is -2.17. The lowest BCUT2D eigenvalue weighted by Crippen LogP contribution is -2.34. The minimum Gasteiger partial charge on any atom is -0.382 e. The average Bonchev–Trinajstić information content (AvgIpc) is 2.90. The normalized spacial score (nSPS) is 16.0. The lowest BCUT2D eigenvalue weighted by molar-refractivity contribution is 0.0211. The van der Waals surface area contributed by atoms with Crippen LogP contribution >= 0.6 is 23.4 Å². The van der Waals surface area contributed by atoms with Gasteiger partial charge in [0.2, 0.25) is 0 Å². The van der Waals surface area contributed by atoms with Gasteiger partial charge in [0.15, 0.2) is 0 Å². The van der Waals surface area contributed by atoms with Crippen molar-refractivity contribution in [3.05, 3.63) is 61.3 Å². The molecule has 1 atom stereocenters. The highest BCUT2D eigenvalue weighted by Crippen LogP contribution is 2.42. The number of aromatic nitrogens is 2. The van der Waals surface area contributed by atoms with Crippen LogP contribution in [0.5, 0.6) is 0 Å². The largest absolute Gasteiger partial charge is 0.382 e. The summed E-state index contributed by atoms with van der Waals surface area (Å²) in [4.78, 5) is 28.1. The number of hydrogen-bond acceptors (Lipinski definition) is 5. The Morgan fingerprint density at radius 1 is 1.23 bits per heavy atom. The van der Waals surface area contributed by atoms with Crippen LogP contribution in [0, 0.1) is 18.6 Å². The first-order valence-electron chi connectivity index (χ1n) is 9.50. The number of H-pyrrole nitrogens is 1. The van der Waals surface area contributed by atoms with Crippen molar-refractivity contribution in [1.82, 2.24) is 9.55 Å². The summed E-state index contributed by atoms with van der Waals surface area (Å²) < 4.78 is 40.9. The number of aryl methyl sites for hydroxylation is 1. The highest BCUT2D eigenvalue weighted by molar-refractivity contribution is 7.99. The van der Waals surface area contributed by atoms with E-state index < -0.39 is 22.9 Å². The maximum Gasteiger partial charge on any atom is 0.328 e. The standard InChI is InChI=1S/C21H19ClF2N2O4S/c1-10-5-13-18-19(17(10)12-6-14(22)16(24)7-15(12)23)31-9-11(30-4-3-29-2)8-26(18)21(28)25-20(13)27/h5-7,11H,3-4,8-9H2,1-2H3,(H,25,27,28)/t11-/m0/s1. The van der Waals surface area contributed by atoms with Crippen LogP contribution in [0.25, 0.3) is 22.0 Å². The SMILES string of the molecule is COCCO[C@@H]1CSc2c(-c3cc(Cl)c(F)cc3F)c(C)cc3c(=O)[nH]c(=O)n(c23)C1. The first-order valence-corrected chi connectivity index (χ1v) is 10.9. The molecule has 2 heterocycles. The van der Waals surface area contributed by atoms with E-state index in [0.717, 1.165) is 6.07 Å². The molecule has 1 N–H and O–H groups in total. The molecule has 0 unspecified atom stereocenters. The van der Waals surface area contributed by atoms with Gasteiger partial charge in [0, 0.05) is 35.0 Å². The van der Waals surface area contributed by atoms with Crippen LogP contribution in [0.3, 0.4) is 0 Å². The fourth-order valence-corrected chi connectivity index (χ4v) is 5.24. The summed E-state index contributed by atoms with van der Waals surface area (Å²) in [5, 5.41) is 0.0975. The van der Waals surface area contributed by atoms with E-state index in [1.165, 1.54) is 22.4 Å². The number of aromatic amines is 1. The van der Waals surface area contributed by atoms with Crippen molar-refractivity contribution in [2.75, 3.05) is 26.1 Å². The Morgan fingerprint density at radius 2 is 2.00 bits per heavy atom. The molecule has 31 heavy (non-hydrogen) atoms. The predicted octanol–water partition coefficient (Wildman–Crippen LogP) is 3.73. The number of hydrogen-bond donors (Lipinski definition) is 1. The van der Waals surface area contributed by atoms with Crippen LogP contribution in [-0.4, -0.2) is 41.7 Å². The summed E-state index contributed by atoms with van der Waals surface area (Å²) in [7, 11) is 1.56. The molecule has 1 aromatic heterocycles. The second-order valence-corrected chi connectivity index (χ2v) is 8.64. The second kappa shape index (κ2) is 8.74. The number of nitrogens with one attached hydrogen (secondary N) is 1. The molecule has 0 bridgehead atoms. The Labute approximate surface area is 185 Å². The zero-order chi connectivity index (χ0) is 22.3. The molecule has 3 aromatic rings. The van der Waals surface area contributed by atoms with Gasteiger partial charge in [-0.25, -0.2) is 13.6 Å². The molecule has 0 spiro atoms. The Balaban J connectivity index is 1.98. The van der Waals surface area contributed by atoms with Gasteiger partial charge in [-0.05, 0) is 24.6 Å². The summed E-state index contributed by atoms with van der Waals surface area (Å²) in [5.74, 6) is -1.18. The zero-order valence-corrected chi connectivity index (χ0v) is 18.3. The molecule has 0 amide bonds. The molecule has 0 radical (unpaired) electrons. The number of ether oxygens (including phenoxy) is 2. The molecule has 0 saturated heterocycles. The maximum absolute atomic E-state index is 14.8. The van der Waals surface area contributed by atoms with Gasteiger partial charge in [0.1, 0.15) is 11.6 Å². The fourth-order valence-electron chi connectivity index (χ4n) is 3.75. The second-order valence-electron chi connectivity index (χ2n) is 7.21. The van der Waals surface area contributed by atoms with Crippen molar-refractivity contribution in [1.29, 1.82) is 0 Å². The monoisotopic (exact) mass is 468 g/mol. The number of rotatable bonds is 5. The maximum atomic E-state index is 14.8. The summed E-state index contributed by atoms with van der Waals surface area (Å²) in [6.45, 7) is 2.68. The van der Waals surface area contributed by atoms with Gasteiger partial charge in [0.05, 0.1) is 41.8 Å².